The molecule has 2 aliphatic rings. The van der Waals surface area contributed by atoms with Crippen molar-refractivity contribution in [1.82, 2.24) is 10.9 Å². The van der Waals surface area contributed by atoms with Crippen LogP contribution >= 0.6 is 0 Å². The molecule has 158 valence electrons. The fraction of sp³-hybridized carbons (Fsp3) is 0.417. The Morgan fingerprint density at radius 3 is 1.97 bits per heavy atom. The molecule has 2 atom stereocenters. The van der Waals surface area contributed by atoms with Gasteiger partial charge in [0.1, 0.15) is 13.2 Å². The summed E-state index contributed by atoms with van der Waals surface area (Å²) in [6.07, 6.45) is 3.93. The van der Waals surface area contributed by atoms with Gasteiger partial charge in [0.05, 0.1) is 12.1 Å². The molecular weight excluding hydrogens is 376 g/mol. The Bertz CT molecular complexity index is 908. The van der Waals surface area contributed by atoms with Crippen molar-refractivity contribution < 1.29 is 9.47 Å². The van der Waals surface area contributed by atoms with Crippen LogP contribution < -0.4 is 10.9 Å². The molecule has 0 spiro atoms. The van der Waals surface area contributed by atoms with Crippen LogP contribution in [0.4, 0.5) is 0 Å². The molecule has 2 N–H and O–H groups in total. The number of rotatable bonds is 6. The molecule has 0 saturated heterocycles. The van der Waals surface area contributed by atoms with Gasteiger partial charge in [0, 0.05) is 0 Å². The molecule has 0 radical (unpaired) electrons. The van der Waals surface area contributed by atoms with Crippen LogP contribution in [0.1, 0.15) is 35.1 Å². The third-order valence-electron chi connectivity index (χ3n) is 5.44. The SMILES string of the molecule is Cc1ccc(CCC2COC(NNC3=NC(CCc4cccc(C)c4)CO3)=N2)cc1. The zero-order valence-electron chi connectivity index (χ0n) is 17.7. The van der Waals surface area contributed by atoms with Crippen LogP contribution in [0.5, 0.6) is 0 Å². The van der Waals surface area contributed by atoms with Crippen molar-refractivity contribution in [3.05, 3.63) is 70.8 Å². The van der Waals surface area contributed by atoms with Gasteiger partial charge in [-0.3, -0.25) is 0 Å². The Morgan fingerprint density at radius 2 is 1.37 bits per heavy atom. The minimum absolute atomic E-state index is 0.170. The fourth-order valence-electron chi connectivity index (χ4n) is 3.66. The van der Waals surface area contributed by atoms with Gasteiger partial charge in [-0.1, -0.05) is 59.7 Å². The van der Waals surface area contributed by atoms with E-state index in [-0.39, 0.29) is 12.1 Å². The molecule has 0 saturated carbocycles. The van der Waals surface area contributed by atoms with Gasteiger partial charge in [-0.25, -0.2) is 20.8 Å². The van der Waals surface area contributed by atoms with Crippen molar-refractivity contribution in [1.29, 1.82) is 0 Å². The first kappa shape index (κ1) is 20.3. The number of benzene rings is 2. The Labute approximate surface area is 178 Å². The Kier molecular flexibility index (Phi) is 6.52. The van der Waals surface area contributed by atoms with Crippen LogP contribution in [0, 0.1) is 13.8 Å². The predicted octanol–water partition coefficient (Wildman–Crippen LogP) is 3.47. The summed E-state index contributed by atoms with van der Waals surface area (Å²) in [5, 5.41) is 0. The zero-order valence-corrected chi connectivity index (χ0v) is 17.7. The van der Waals surface area contributed by atoms with Crippen molar-refractivity contribution >= 4 is 12.0 Å². The number of amidine groups is 2. The van der Waals surface area contributed by atoms with Gasteiger partial charge >= 0.3 is 12.0 Å². The second-order valence-corrected chi connectivity index (χ2v) is 8.10. The third kappa shape index (κ3) is 5.75. The molecule has 0 amide bonds. The van der Waals surface area contributed by atoms with Crippen LogP contribution in [-0.2, 0) is 22.3 Å². The van der Waals surface area contributed by atoms with E-state index in [2.05, 4.69) is 83.2 Å². The van der Waals surface area contributed by atoms with Crippen LogP contribution in [0.15, 0.2) is 58.5 Å². The number of hydrazine groups is 1. The molecule has 0 aliphatic carbocycles. The second kappa shape index (κ2) is 9.65. The number of hydrogen-bond acceptors (Lipinski definition) is 6. The van der Waals surface area contributed by atoms with E-state index < -0.39 is 0 Å². The van der Waals surface area contributed by atoms with Crippen LogP contribution in [0.2, 0.25) is 0 Å². The lowest BCUT2D eigenvalue weighted by Gasteiger charge is -2.07. The van der Waals surface area contributed by atoms with Crippen LogP contribution in [0.25, 0.3) is 0 Å². The van der Waals surface area contributed by atoms with Gasteiger partial charge in [0.25, 0.3) is 0 Å². The molecule has 2 heterocycles. The lowest BCUT2D eigenvalue weighted by atomic mass is 10.0. The number of aryl methyl sites for hydroxylation is 4. The molecule has 6 nitrogen and oxygen atoms in total. The highest BCUT2D eigenvalue weighted by Gasteiger charge is 2.22. The third-order valence-corrected chi connectivity index (χ3v) is 5.44. The fourth-order valence-corrected chi connectivity index (χ4v) is 3.66. The average Bonchev–Trinajstić information content (AvgIpc) is 3.40. The first-order valence-corrected chi connectivity index (χ1v) is 10.7. The highest BCUT2D eigenvalue weighted by molar-refractivity contribution is 5.81. The van der Waals surface area contributed by atoms with E-state index in [4.69, 9.17) is 9.47 Å². The lowest BCUT2D eigenvalue weighted by molar-refractivity contribution is 0.284. The van der Waals surface area contributed by atoms with E-state index in [1.54, 1.807) is 0 Å². The standard InChI is InChI=1S/C24H30N4O2/c1-17-6-8-19(9-7-17)10-12-21-15-29-23(25-21)27-28-24-26-22(16-30-24)13-11-20-5-3-4-18(2)14-20/h3-9,14,21-22H,10-13,15-16H2,1-2H3,(H,25,27)(H,26,28). The quantitative estimate of drug-likeness (QED) is 0.721. The first-order chi connectivity index (χ1) is 14.6. The van der Waals surface area contributed by atoms with E-state index in [1.807, 2.05) is 0 Å². The van der Waals surface area contributed by atoms with Crippen molar-refractivity contribution in [2.45, 2.75) is 51.6 Å². The van der Waals surface area contributed by atoms with Gasteiger partial charge < -0.3 is 9.47 Å². The number of hydrogen-bond donors (Lipinski definition) is 2. The average molecular weight is 407 g/mol. The van der Waals surface area contributed by atoms with E-state index >= 15 is 0 Å². The van der Waals surface area contributed by atoms with Crippen molar-refractivity contribution in [2.75, 3.05) is 13.2 Å². The summed E-state index contributed by atoms with van der Waals surface area (Å²) in [7, 11) is 0. The number of nitrogens with one attached hydrogen (secondary N) is 2. The molecule has 2 unspecified atom stereocenters. The lowest BCUT2D eigenvalue weighted by Crippen LogP contribution is -2.41. The topological polar surface area (TPSA) is 67.2 Å². The zero-order chi connectivity index (χ0) is 20.8. The number of ether oxygens (including phenoxy) is 2. The smallest absolute Gasteiger partial charge is 0.304 e. The minimum atomic E-state index is 0.170. The van der Waals surface area contributed by atoms with Crippen molar-refractivity contribution in [3.63, 3.8) is 0 Å². The largest absolute Gasteiger partial charge is 0.462 e. The van der Waals surface area contributed by atoms with E-state index in [0.717, 1.165) is 25.7 Å². The minimum Gasteiger partial charge on any atom is -0.462 e. The normalized spacial score (nSPS) is 20.2. The van der Waals surface area contributed by atoms with E-state index in [1.165, 1.54) is 22.3 Å². The van der Waals surface area contributed by atoms with Gasteiger partial charge in [0.15, 0.2) is 0 Å². The second-order valence-electron chi connectivity index (χ2n) is 8.10. The van der Waals surface area contributed by atoms with E-state index in [0.29, 0.717) is 25.3 Å². The molecule has 2 aliphatic heterocycles. The molecule has 0 aromatic heterocycles. The van der Waals surface area contributed by atoms with Gasteiger partial charge in [-0.15, -0.1) is 0 Å². The van der Waals surface area contributed by atoms with Gasteiger partial charge in [-0.2, -0.15) is 0 Å². The van der Waals surface area contributed by atoms with E-state index in [9.17, 15) is 0 Å². The summed E-state index contributed by atoms with van der Waals surface area (Å²) in [5.41, 5.74) is 11.2. The number of nitrogens with zero attached hydrogens (tertiary/aromatic N) is 2. The summed E-state index contributed by atoms with van der Waals surface area (Å²) in [6, 6.07) is 18.6. The summed E-state index contributed by atoms with van der Waals surface area (Å²) < 4.78 is 11.3. The summed E-state index contributed by atoms with van der Waals surface area (Å²) in [4.78, 5) is 9.19. The molecule has 2 aromatic carbocycles. The molecule has 4 rings (SSSR count). The Balaban J connectivity index is 1.18. The molecule has 2 aromatic rings. The number of aliphatic imine (C=N–C) groups is 2. The monoisotopic (exact) mass is 406 g/mol. The molecule has 30 heavy (non-hydrogen) atoms. The van der Waals surface area contributed by atoms with Gasteiger partial charge in [0.2, 0.25) is 0 Å². The highest BCUT2D eigenvalue weighted by Crippen LogP contribution is 2.14. The molecule has 0 bridgehead atoms. The summed E-state index contributed by atoms with van der Waals surface area (Å²) in [6.45, 7) is 5.42. The maximum Gasteiger partial charge on any atom is 0.304 e. The summed E-state index contributed by atoms with van der Waals surface area (Å²) in [5.74, 6) is 0. The van der Waals surface area contributed by atoms with Crippen LogP contribution in [0.3, 0.4) is 0 Å². The Morgan fingerprint density at radius 1 is 0.767 bits per heavy atom. The van der Waals surface area contributed by atoms with Crippen molar-refractivity contribution in [3.8, 4) is 0 Å². The molecular formula is C24H30N4O2. The molecule has 6 heteroatoms. The highest BCUT2D eigenvalue weighted by atomic mass is 16.5. The predicted molar refractivity (Wildman–Crippen MR) is 120 cm³/mol. The summed E-state index contributed by atoms with van der Waals surface area (Å²) >= 11 is 0. The molecule has 0 fully saturated rings. The van der Waals surface area contributed by atoms with Crippen LogP contribution in [-0.4, -0.2) is 37.3 Å². The van der Waals surface area contributed by atoms with Crippen molar-refractivity contribution in [2.24, 2.45) is 9.98 Å². The maximum absolute atomic E-state index is 5.65. The first-order valence-electron chi connectivity index (χ1n) is 10.7. The Hall–Kier alpha value is -3.02. The maximum atomic E-state index is 5.65. The van der Waals surface area contributed by atoms with Gasteiger partial charge in [-0.05, 0) is 50.7 Å².